The third-order valence-corrected chi connectivity index (χ3v) is 3.46. The molecule has 2 heterocycles. The molecule has 0 bridgehead atoms. The van der Waals surface area contributed by atoms with Crippen molar-refractivity contribution in [1.82, 2.24) is 9.97 Å². The lowest BCUT2D eigenvalue weighted by Crippen LogP contribution is -2.12. The SMILES string of the molecule is O=c1[nH]c(-c2ccc3c(c2)OCO3)nc(O)c1I. The second-order valence-electron chi connectivity index (χ2n) is 3.62. The number of hydrogen-bond acceptors (Lipinski definition) is 5. The highest BCUT2D eigenvalue weighted by molar-refractivity contribution is 14.1. The molecule has 1 aromatic heterocycles. The van der Waals surface area contributed by atoms with E-state index in [0.717, 1.165) is 0 Å². The van der Waals surface area contributed by atoms with Crippen molar-refractivity contribution in [2.75, 3.05) is 6.79 Å². The van der Waals surface area contributed by atoms with Crippen molar-refractivity contribution in [3.8, 4) is 28.8 Å². The summed E-state index contributed by atoms with van der Waals surface area (Å²) >= 11 is 1.73. The maximum atomic E-state index is 11.5. The number of nitrogens with one attached hydrogen (secondary N) is 1. The Hall–Kier alpha value is -1.77. The molecule has 2 aromatic rings. The number of H-pyrrole nitrogens is 1. The van der Waals surface area contributed by atoms with Crippen LogP contribution in [0.3, 0.4) is 0 Å². The zero-order chi connectivity index (χ0) is 12.7. The third kappa shape index (κ3) is 1.80. The van der Waals surface area contributed by atoms with Crippen LogP contribution < -0.4 is 15.0 Å². The molecule has 0 saturated carbocycles. The molecule has 0 unspecified atom stereocenters. The van der Waals surface area contributed by atoms with Gasteiger partial charge in [-0.15, -0.1) is 0 Å². The molecule has 0 saturated heterocycles. The van der Waals surface area contributed by atoms with Gasteiger partial charge in [-0.05, 0) is 40.8 Å². The largest absolute Gasteiger partial charge is 0.492 e. The van der Waals surface area contributed by atoms with Gasteiger partial charge in [0.2, 0.25) is 12.7 Å². The van der Waals surface area contributed by atoms with Crippen molar-refractivity contribution in [3.05, 3.63) is 32.1 Å². The first-order chi connectivity index (χ1) is 8.65. The van der Waals surface area contributed by atoms with Gasteiger partial charge in [0.15, 0.2) is 11.5 Å². The van der Waals surface area contributed by atoms with Gasteiger partial charge in [0.25, 0.3) is 5.56 Å². The Bertz CT molecular complexity index is 683. The smallest absolute Gasteiger partial charge is 0.268 e. The van der Waals surface area contributed by atoms with Crippen LogP contribution in [-0.2, 0) is 0 Å². The Morgan fingerprint density at radius 1 is 1.33 bits per heavy atom. The average molecular weight is 358 g/mol. The number of aromatic hydroxyl groups is 1. The fourth-order valence-electron chi connectivity index (χ4n) is 1.63. The number of nitrogens with zero attached hydrogens (tertiary/aromatic N) is 1. The van der Waals surface area contributed by atoms with Gasteiger partial charge in [-0.3, -0.25) is 4.79 Å². The molecule has 92 valence electrons. The van der Waals surface area contributed by atoms with E-state index in [0.29, 0.717) is 17.1 Å². The molecular formula is C11H7IN2O4. The molecule has 1 aliphatic heterocycles. The highest BCUT2D eigenvalue weighted by Gasteiger charge is 2.16. The van der Waals surface area contributed by atoms with Crippen LogP contribution in [0.5, 0.6) is 17.4 Å². The van der Waals surface area contributed by atoms with E-state index in [1.54, 1.807) is 40.8 Å². The molecule has 0 spiro atoms. The van der Waals surface area contributed by atoms with Crippen LogP contribution in [-0.4, -0.2) is 21.9 Å². The number of hydrogen-bond donors (Lipinski definition) is 2. The monoisotopic (exact) mass is 358 g/mol. The van der Waals surface area contributed by atoms with Crippen LogP contribution in [0.25, 0.3) is 11.4 Å². The number of fused-ring (bicyclic) bond motifs is 1. The van der Waals surface area contributed by atoms with Gasteiger partial charge in [0.1, 0.15) is 9.39 Å². The second-order valence-corrected chi connectivity index (χ2v) is 4.70. The van der Waals surface area contributed by atoms with E-state index in [4.69, 9.17) is 9.47 Å². The normalized spacial score (nSPS) is 12.7. The fourth-order valence-corrected chi connectivity index (χ4v) is 1.88. The van der Waals surface area contributed by atoms with Gasteiger partial charge in [0.05, 0.1) is 0 Å². The minimum Gasteiger partial charge on any atom is -0.492 e. The van der Waals surface area contributed by atoms with Crippen molar-refractivity contribution in [3.63, 3.8) is 0 Å². The number of rotatable bonds is 1. The summed E-state index contributed by atoms with van der Waals surface area (Å²) in [5, 5.41) is 9.54. The average Bonchev–Trinajstić information content (AvgIpc) is 2.82. The molecular weight excluding hydrogens is 351 g/mol. The summed E-state index contributed by atoms with van der Waals surface area (Å²) in [5.41, 5.74) is 0.263. The Kier molecular flexibility index (Phi) is 2.62. The molecule has 0 amide bonds. The van der Waals surface area contributed by atoms with E-state index in [1.807, 2.05) is 0 Å². The maximum Gasteiger partial charge on any atom is 0.268 e. The van der Waals surface area contributed by atoms with E-state index < -0.39 is 0 Å². The van der Waals surface area contributed by atoms with Gasteiger partial charge in [-0.1, -0.05) is 0 Å². The Morgan fingerprint density at radius 2 is 2.11 bits per heavy atom. The van der Waals surface area contributed by atoms with E-state index in [-0.39, 0.29) is 27.6 Å². The highest BCUT2D eigenvalue weighted by Crippen LogP contribution is 2.35. The van der Waals surface area contributed by atoms with Crippen LogP contribution in [0.1, 0.15) is 0 Å². The molecule has 7 heteroatoms. The van der Waals surface area contributed by atoms with Gasteiger partial charge in [0, 0.05) is 5.56 Å². The first kappa shape index (κ1) is 11.3. The van der Waals surface area contributed by atoms with Crippen LogP contribution in [0, 0.1) is 3.57 Å². The summed E-state index contributed by atoms with van der Waals surface area (Å²) in [5.74, 6) is 1.24. The highest BCUT2D eigenvalue weighted by atomic mass is 127. The van der Waals surface area contributed by atoms with Crippen LogP contribution >= 0.6 is 22.6 Å². The first-order valence-electron chi connectivity index (χ1n) is 5.04. The minimum atomic E-state index is -0.379. The molecule has 0 radical (unpaired) electrons. The van der Waals surface area contributed by atoms with Crippen molar-refractivity contribution >= 4 is 22.6 Å². The minimum absolute atomic E-state index is 0.164. The van der Waals surface area contributed by atoms with Gasteiger partial charge in [-0.25, -0.2) is 0 Å². The Morgan fingerprint density at radius 3 is 2.89 bits per heavy atom. The lowest BCUT2D eigenvalue weighted by molar-refractivity contribution is 0.174. The van der Waals surface area contributed by atoms with Crippen molar-refractivity contribution in [2.24, 2.45) is 0 Å². The standard InChI is InChI=1S/C11H7IN2O4/c12-8-10(15)13-9(14-11(8)16)5-1-2-6-7(3-5)18-4-17-6/h1-3H,4H2,(H2,13,14,15,16). The van der Waals surface area contributed by atoms with Gasteiger partial charge < -0.3 is 19.6 Å². The summed E-state index contributed by atoms with van der Waals surface area (Å²) in [6.45, 7) is 0.181. The summed E-state index contributed by atoms with van der Waals surface area (Å²) in [4.78, 5) is 18.1. The number of ether oxygens (including phenoxy) is 2. The van der Waals surface area contributed by atoms with E-state index in [1.165, 1.54) is 0 Å². The number of benzene rings is 1. The summed E-state index contributed by atoms with van der Waals surface area (Å²) in [6.07, 6.45) is 0. The predicted octanol–water partition coefficient (Wildman–Crippen LogP) is 1.48. The topological polar surface area (TPSA) is 84.4 Å². The van der Waals surface area contributed by atoms with E-state index in [2.05, 4.69) is 9.97 Å². The van der Waals surface area contributed by atoms with Crippen LogP contribution in [0.2, 0.25) is 0 Å². The maximum absolute atomic E-state index is 11.5. The lowest BCUT2D eigenvalue weighted by Gasteiger charge is -2.03. The quantitative estimate of drug-likeness (QED) is 0.755. The predicted molar refractivity (Wildman–Crippen MR) is 70.8 cm³/mol. The van der Waals surface area contributed by atoms with Gasteiger partial charge >= 0.3 is 0 Å². The van der Waals surface area contributed by atoms with Crippen molar-refractivity contribution in [2.45, 2.75) is 0 Å². The molecule has 1 aromatic carbocycles. The summed E-state index contributed by atoms with van der Waals surface area (Å²) in [7, 11) is 0. The second kappa shape index (κ2) is 4.16. The zero-order valence-electron chi connectivity index (χ0n) is 8.94. The molecule has 1 aliphatic rings. The van der Waals surface area contributed by atoms with E-state index >= 15 is 0 Å². The van der Waals surface area contributed by atoms with Crippen molar-refractivity contribution in [1.29, 1.82) is 0 Å². The molecule has 18 heavy (non-hydrogen) atoms. The molecule has 3 rings (SSSR count). The molecule has 6 nitrogen and oxygen atoms in total. The molecule has 0 atom stereocenters. The Balaban J connectivity index is 2.13. The summed E-state index contributed by atoms with van der Waals surface area (Å²) < 4.78 is 10.6. The summed E-state index contributed by atoms with van der Waals surface area (Å²) in [6, 6.07) is 5.16. The number of aromatic nitrogens is 2. The fraction of sp³-hybridized carbons (Fsp3) is 0.0909. The third-order valence-electron chi connectivity index (χ3n) is 2.49. The van der Waals surface area contributed by atoms with Gasteiger partial charge in [-0.2, -0.15) is 4.98 Å². The lowest BCUT2D eigenvalue weighted by atomic mass is 10.2. The Labute approximate surface area is 115 Å². The van der Waals surface area contributed by atoms with E-state index in [9.17, 15) is 9.90 Å². The van der Waals surface area contributed by atoms with Crippen LogP contribution in [0.4, 0.5) is 0 Å². The number of halogens is 1. The first-order valence-corrected chi connectivity index (χ1v) is 6.12. The molecule has 2 N–H and O–H groups in total. The zero-order valence-corrected chi connectivity index (χ0v) is 11.1. The molecule has 0 aliphatic carbocycles. The number of aromatic amines is 1. The van der Waals surface area contributed by atoms with Crippen molar-refractivity contribution < 1.29 is 14.6 Å². The molecule has 0 fully saturated rings. The van der Waals surface area contributed by atoms with Crippen LogP contribution in [0.15, 0.2) is 23.0 Å².